The van der Waals surface area contributed by atoms with E-state index in [-0.39, 0.29) is 6.04 Å². The average Bonchev–Trinajstić information content (AvgIpc) is 3.18. The molecule has 0 saturated carbocycles. The summed E-state index contributed by atoms with van der Waals surface area (Å²) in [5, 5.41) is 0. The Balaban J connectivity index is 1.38. The molecular formula is C25H33N3O2. The van der Waals surface area contributed by atoms with Crippen molar-refractivity contribution in [2.75, 3.05) is 32.9 Å². The first-order chi connectivity index (χ1) is 14.8. The summed E-state index contributed by atoms with van der Waals surface area (Å²) in [5.74, 6) is 2.12. The van der Waals surface area contributed by atoms with E-state index in [2.05, 4.69) is 71.8 Å². The highest BCUT2D eigenvalue weighted by Gasteiger charge is 2.23. The summed E-state index contributed by atoms with van der Waals surface area (Å²) in [6, 6.07) is 17.2. The number of morpholine rings is 1. The monoisotopic (exact) mass is 407 g/mol. The van der Waals surface area contributed by atoms with Gasteiger partial charge in [0, 0.05) is 19.6 Å². The van der Waals surface area contributed by atoms with Crippen LogP contribution in [0.5, 0.6) is 5.75 Å². The Kier molecular flexibility index (Phi) is 7.03. The third kappa shape index (κ3) is 4.85. The minimum Gasteiger partial charge on any atom is -0.494 e. The van der Waals surface area contributed by atoms with E-state index in [4.69, 9.17) is 14.5 Å². The lowest BCUT2D eigenvalue weighted by Crippen LogP contribution is -2.39. The molecule has 1 aliphatic rings. The zero-order chi connectivity index (χ0) is 20.8. The molecule has 3 aromatic rings. The molecule has 160 valence electrons. The highest BCUT2D eigenvalue weighted by Crippen LogP contribution is 2.26. The van der Waals surface area contributed by atoms with Crippen molar-refractivity contribution in [3.63, 3.8) is 0 Å². The Morgan fingerprint density at radius 2 is 1.80 bits per heavy atom. The number of aromatic nitrogens is 2. The molecule has 1 fully saturated rings. The average molecular weight is 408 g/mol. The van der Waals surface area contributed by atoms with Crippen LogP contribution in [-0.4, -0.2) is 47.4 Å². The van der Waals surface area contributed by atoms with Crippen molar-refractivity contribution in [1.82, 2.24) is 14.5 Å². The number of imidazole rings is 1. The van der Waals surface area contributed by atoms with Gasteiger partial charge in [-0.25, -0.2) is 4.98 Å². The smallest absolute Gasteiger partial charge is 0.127 e. The Morgan fingerprint density at radius 1 is 1.03 bits per heavy atom. The minimum atomic E-state index is 0.287. The fraction of sp³-hybridized carbons (Fsp3) is 0.480. The molecule has 0 N–H and O–H groups in total. The molecule has 0 amide bonds. The van der Waals surface area contributed by atoms with Crippen LogP contribution in [0.2, 0.25) is 0 Å². The molecular weight excluding hydrogens is 374 g/mol. The molecule has 1 unspecified atom stereocenters. The number of unbranched alkanes of at least 4 members (excludes halogenated alkanes) is 1. The minimum absolute atomic E-state index is 0.287. The Labute approximate surface area is 179 Å². The molecule has 5 heteroatoms. The maximum atomic E-state index is 5.94. The van der Waals surface area contributed by atoms with E-state index in [0.29, 0.717) is 0 Å². The summed E-state index contributed by atoms with van der Waals surface area (Å²) >= 11 is 0. The van der Waals surface area contributed by atoms with Gasteiger partial charge in [-0.2, -0.15) is 0 Å². The van der Waals surface area contributed by atoms with Crippen LogP contribution in [0.15, 0.2) is 48.5 Å². The van der Waals surface area contributed by atoms with Crippen LogP contribution >= 0.6 is 0 Å². The summed E-state index contributed by atoms with van der Waals surface area (Å²) in [5.41, 5.74) is 3.65. The first-order valence-electron chi connectivity index (χ1n) is 11.2. The van der Waals surface area contributed by atoms with E-state index in [0.717, 1.165) is 75.8 Å². The third-order valence-corrected chi connectivity index (χ3v) is 6.03. The second-order valence-electron chi connectivity index (χ2n) is 7.99. The molecule has 4 rings (SSSR count). The number of aryl methyl sites for hydroxylation is 2. The lowest BCUT2D eigenvalue weighted by molar-refractivity contribution is 0.0176. The van der Waals surface area contributed by atoms with Gasteiger partial charge >= 0.3 is 0 Å². The van der Waals surface area contributed by atoms with Gasteiger partial charge in [0.15, 0.2) is 0 Å². The molecule has 1 saturated heterocycles. The van der Waals surface area contributed by atoms with E-state index >= 15 is 0 Å². The van der Waals surface area contributed by atoms with Crippen molar-refractivity contribution >= 4 is 11.0 Å². The van der Waals surface area contributed by atoms with Gasteiger partial charge in [-0.3, -0.25) is 4.90 Å². The van der Waals surface area contributed by atoms with Crippen molar-refractivity contribution in [3.8, 4) is 5.75 Å². The zero-order valence-corrected chi connectivity index (χ0v) is 18.2. The fourth-order valence-corrected chi connectivity index (χ4v) is 4.16. The van der Waals surface area contributed by atoms with Gasteiger partial charge in [0.05, 0.1) is 36.9 Å². The summed E-state index contributed by atoms with van der Waals surface area (Å²) in [7, 11) is 0. The second-order valence-corrected chi connectivity index (χ2v) is 7.99. The molecule has 30 heavy (non-hydrogen) atoms. The van der Waals surface area contributed by atoms with Gasteiger partial charge in [0.25, 0.3) is 0 Å². The molecule has 0 spiro atoms. The number of fused-ring (bicyclic) bond motifs is 1. The predicted molar refractivity (Wildman–Crippen MR) is 121 cm³/mol. The normalized spacial score (nSPS) is 16.1. The van der Waals surface area contributed by atoms with Gasteiger partial charge in [0.2, 0.25) is 0 Å². The highest BCUT2D eigenvalue weighted by atomic mass is 16.5. The molecule has 1 aliphatic heterocycles. The van der Waals surface area contributed by atoms with Crippen molar-refractivity contribution < 1.29 is 9.47 Å². The Hall–Kier alpha value is -2.37. The first kappa shape index (κ1) is 20.9. The molecule has 0 aliphatic carbocycles. The SMILES string of the molecule is CCc1ccc(OCCCCn2c(C(C)N3CCOCC3)nc3ccccc32)cc1. The van der Waals surface area contributed by atoms with E-state index in [1.165, 1.54) is 11.1 Å². The molecule has 5 nitrogen and oxygen atoms in total. The lowest BCUT2D eigenvalue weighted by Gasteiger charge is -2.32. The highest BCUT2D eigenvalue weighted by molar-refractivity contribution is 5.76. The summed E-state index contributed by atoms with van der Waals surface area (Å²) in [4.78, 5) is 7.48. The number of benzene rings is 2. The number of para-hydroxylation sites is 2. The zero-order valence-electron chi connectivity index (χ0n) is 18.2. The number of nitrogens with zero attached hydrogens (tertiary/aromatic N) is 3. The second kappa shape index (κ2) is 10.1. The van der Waals surface area contributed by atoms with Crippen molar-refractivity contribution in [3.05, 3.63) is 59.9 Å². The molecule has 0 bridgehead atoms. The fourth-order valence-electron chi connectivity index (χ4n) is 4.16. The number of hydrogen-bond donors (Lipinski definition) is 0. The van der Waals surface area contributed by atoms with E-state index < -0.39 is 0 Å². The number of hydrogen-bond acceptors (Lipinski definition) is 4. The van der Waals surface area contributed by atoms with Crippen molar-refractivity contribution in [2.24, 2.45) is 0 Å². The van der Waals surface area contributed by atoms with E-state index in [1.54, 1.807) is 0 Å². The van der Waals surface area contributed by atoms with Crippen LogP contribution in [0.3, 0.4) is 0 Å². The Bertz CT molecular complexity index is 929. The van der Waals surface area contributed by atoms with Crippen LogP contribution in [0.25, 0.3) is 11.0 Å². The van der Waals surface area contributed by atoms with Crippen LogP contribution in [0.4, 0.5) is 0 Å². The maximum absolute atomic E-state index is 5.94. The van der Waals surface area contributed by atoms with Crippen LogP contribution in [0.1, 0.15) is 44.1 Å². The summed E-state index contributed by atoms with van der Waals surface area (Å²) < 4.78 is 13.9. The standard InChI is InChI=1S/C25H33N3O2/c1-3-21-10-12-22(13-11-21)30-17-7-6-14-28-24-9-5-4-8-23(24)26-25(28)20(2)27-15-18-29-19-16-27/h4-5,8-13,20H,3,6-7,14-19H2,1-2H3. The van der Waals surface area contributed by atoms with Crippen LogP contribution in [-0.2, 0) is 17.7 Å². The molecule has 1 aromatic heterocycles. The van der Waals surface area contributed by atoms with E-state index in [1.807, 2.05) is 0 Å². The first-order valence-corrected chi connectivity index (χ1v) is 11.2. The van der Waals surface area contributed by atoms with E-state index in [9.17, 15) is 0 Å². The third-order valence-electron chi connectivity index (χ3n) is 6.03. The molecule has 2 aromatic carbocycles. The van der Waals surface area contributed by atoms with Gasteiger partial charge in [-0.15, -0.1) is 0 Å². The topological polar surface area (TPSA) is 39.5 Å². The molecule has 2 heterocycles. The largest absolute Gasteiger partial charge is 0.494 e. The van der Waals surface area contributed by atoms with Gasteiger partial charge in [0.1, 0.15) is 11.6 Å². The summed E-state index contributed by atoms with van der Waals surface area (Å²) in [6.07, 6.45) is 3.15. The number of rotatable bonds is 9. The lowest BCUT2D eigenvalue weighted by atomic mass is 10.2. The van der Waals surface area contributed by atoms with Gasteiger partial charge in [-0.1, -0.05) is 31.2 Å². The van der Waals surface area contributed by atoms with Gasteiger partial charge in [-0.05, 0) is 56.0 Å². The predicted octanol–water partition coefficient (Wildman–Crippen LogP) is 4.85. The maximum Gasteiger partial charge on any atom is 0.127 e. The van der Waals surface area contributed by atoms with Crippen LogP contribution in [0, 0.1) is 0 Å². The van der Waals surface area contributed by atoms with Crippen molar-refractivity contribution in [1.29, 1.82) is 0 Å². The van der Waals surface area contributed by atoms with Crippen molar-refractivity contribution in [2.45, 2.75) is 45.7 Å². The number of ether oxygens (including phenoxy) is 2. The Morgan fingerprint density at radius 3 is 2.57 bits per heavy atom. The molecule has 0 radical (unpaired) electrons. The summed E-state index contributed by atoms with van der Waals surface area (Å²) in [6.45, 7) is 9.69. The van der Waals surface area contributed by atoms with Gasteiger partial charge < -0.3 is 14.0 Å². The van der Waals surface area contributed by atoms with Crippen LogP contribution < -0.4 is 4.74 Å². The molecule has 1 atom stereocenters. The quantitative estimate of drug-likeness (QED) is 0.475.